The number of rotatable bonds is 21. The molecule has 0 bridgehead atoms. The summed E-state index contributed by atoms with van der Waals surface area (Å²) in [6.07, 6.45) is -0.723. The van der Waals surface area contributed by atoms with Crippen molar-refractivity contribution in [2.75, 3.05) is 33.0 Å². The molecule has 252 valence electrons. The van der Waals surface area contributed by atoms with Gasteiger partial charge in [0.2, 0.25) is 0 Å². The number of amides is 1. The summed E-state index contributed by atoms with van der Waals surface area (Å²) in [6.45, 7) is 8.89. The Bertz CT molecular complexity index is 944. The van der Waals surface area contributed by atoms with Gasteiger partial charge in [-0.25, -0.2) is 18.4 Å². The third-order valence-corrected chi connectivity index (χ3v) is 8.49. The lowest BCUT2D eigenvalue weighted by atomic mass is 9.91. The van der Waals surface area contributed by atoms with Crippen molar-refractivity contribution in [3.63, 3.8) is 0 Å². The maximum absolute atomic E-state index is 16.3. The number of alkyl halides is 3. The van der Waals surface area contributed by atoms with Gasteiger partial charge in [0.25, 0.3) is 5.92 Å². The Labute approximate surface area is 274 Å². The summed E-state index contributed by atoms with van der Waals surface area (Å²) < 4.78 is 66.3. The van der Waals surface area contributed by atoms with Crippen molar-refractivity contribution in [2.45, 2.75) is 120 Å². The number of benzene rings is 1. The third-order valence-electron chi connectivity index (χ3n) is 7.12. The van der Waals surface area contributed by atoms with E-state index in [1.54, 1.807) is 31.2 Å². The predicted octanol–water partition coefficient (Wildman–Crippen LogP) is 6.63. The lowest BCUT2D eigenvalue weighted by Crippen LogP contribution is -2.63. The standard InChI is InChI=1S/C32H50F2INO8/c1-5-9-17-39-22-25-27(41-18-10-6-2)28(42-19-11-7-3)26(35)29(44-25)32(33,34)20-24(30(37)40-8-4)36-31(38)43-21-23-15-13-12-14-16-23/h12-16,24-29H,5-11,17-22H2,1-4H3,(H,36,38)/t24?,25-,26-,27+,28-,29+/m1/s1. The number of unbranched alkanes of at least 4 members (excludes halogenated alkanes) is 3. The molecule has 2 rings (SSSR count). The molecule has 1 unspecified atom stereocenters. The molecule has 12 heteroatoms. The maximum atomic E-state index is 16.3. The van der Waals surface area contributed by atoms with E-state index in [1.807, 2.05) is 49.4 Å². The van der Waals surface area contributed by atoms with Crippen LogP contribution in [0.25, 0.3) is 0 Å². The zero-order valence-electron chi connectivity index (χ0n) is 26.4. The van der Waals surface area contributed by atoms with Gasteiger partial charge in [0, 0.05) is 26.2 Å². The molecule has 44 heavy (non-hydrogen) atoms. The number of esters is 1. The molecule has 1 aromatic rings. The highest BCUT2D eigenvalue weighted by molar-refractivity contribution is 14.1. The van der Waals surface area contributed by atoms with E-state index in [4.69, 9.17) is 28.4 Å². The Morgan fingerprint density at radius 2 is 1.55 bits per heavy atom. The van der Waals surface area contributed by atoms with Gasteiger partial charge in [-0.05, 0) is 31.7 Å². The van der Waals surface area contributed by atoms with Crippen LogP contribution in [0, 0.1) is 0 Å². The second kappa shape index (κ2) is 21.2. The fraction of sp³-hybridized carbons (Fsp3) is 0.750. The molecule has 0 saturated carbocycles. The summed E-state index contributed by atoms with van der Waals surface area (Å²) in [6, 6.07) is 7.22. The first-order valence-corrected chi connectivity index (χ1v) is 17.0. The summed E-state index contributed by atoms with van der Waals surface area (Å²) in [5.41, 5.74) is 0.709. The topological polar surface area (TPSA) is 102 Å². The lowest BCUT2D eigenvalue weighted by Gasteiger charge is -2.47. The van der Waals surface area contributed by atoms with Gasteiger partial charge in [-0.1, -0.05) is 93.0 Å². The molecule has 0 radical (unpaired) electrons. The maximum Gasteiger partial charge on any atom is 0.408 e. The Balaban J connectivity index is 2.27. The van der Waals surface area contributed by atoms with Crippen molar-refractivity contribution in [2.24, 2.45) is 0 Å². The van der Waals surface area contributed by atoms with Gasteiger partial charge in [0.1, 0.15) is 37.1 Å². The van der Waals surface area contributed by atoms with E-state index in [-0.39, 0.29) is 19.8 Å². The number of hydrogen-bond donors (Lipinski definition) is 1. The number of hydrogen-bond acceptors (Lipinski definition) is 8. The summed E-state index contributed by atoms with van der Waals surface area (Å²) in [4.78, 5) is 25.3. The van der Waals surface area contributed by atoms with Crippen molar-refractivity contribution in [1.82, 2.24) is 5.32 Å². The Morgan fingerprint density at radius 3 is 2.16 bits per heavy atom. The number of nitrogens with one attached hydrogen (secondary N) is 1. The van der Waals surface area contributed by atoms with E-state index >= 15 is 8.78 Å². The molecule has 9 nitrogen and oxygen atoms in total. The van der Waals surface area contributed by atoms with Crippen molar-refractivity contribution < 1.29 is 46.8 Å². The van der Waals surface area contributed by atoms with Crippen molar-refractivity contribution in [3.8, 4) is 0 Å². The summed E-state index contributed by atoms with van der Waals surface area (Å²) in [5, 5.41) is 2.28. The zero-order valence-corrected chi connectivity index (χ0v) is 28.6. The smallest absolute Gasteiger partial charge is 0.408 e. The van der Waals surface area contributed by atoms with E-state index in [9.17, 15) is 9.59 Å². The molecule has 1 fully saturated rings. The number of carbonyl (C=O) groups excluding carboxylic acids is 2. The van der Waals surface area contributed by atoms with Crippen LogP contribution >= 0.6 is 22.6 Å². The van der Waals surface area contributed by atoms with Crippen LogP contribution in [0.5, 0.6) is 0 Å². The van der Waals surface area contributed by atoms with Crippen LogP contribution in [0.15, 0.2) is 30.3 Å². The quantitative estimate of drug-likeness (QED) is 0.0649. The summed E-state index contributed by atoms with van der Waals surface area (Å²) in [7, 11) is 0. The van der Waals surface area contributed by atoms with Crippen LogP contribution in [0.4, 0.5) is 13.6 Å². The van der Waals surface area contributed by atoms with Gasteiger partial charge in [-0.2, -0.15) is 0 Å². The van der Waals surface area contributed by atoms with E-state index in [1.165, 1.54) is 0 Å². The predicted molar refractivity (Wildman–Crippen MR) is 171 cm³/mol. The van der Waals surface area contributed by atoms with Crippen LogP contribution in [-0.2, 0) is 39.8 Å². The van der Waals surface area contributed by atoms with Crippen LogP contribution in [0.2, 0.25) is 0 Å². The number of ether oxygens (including phenoxy) is 6. The molecular formula is C32H50F2INO8. The summed E-state index contributed by atoms with van der Waals surface area (Å²) >= 11 is 1.94. The molecule has 0 spiro atoms. The minimum absolute atomic E-state index is 0.0439. The van der Waals surface area contributed by atoms with Gasteiger partial charge in [-0.3, -0.25) is 0 Å². The first kappa shape index (κ1) is 38.6. The number of halogens is 3. The van der Waals surface area contributed by atoms with Gasteiger partial charge < -0.3 is 33.7 Å². The second-order valence-corrected chi connectivity index (χ2v) is 12.3. The largest absolute Gasteiger partial charge is 0.464 e. The molecule has 1 aliphatic rings. The van der Waals surface area contributed by atoms with Crippen molar-refractivity contribution >= 4 is 34.7 Å². The molecule has 6 atom stereocenters. The fourth-order valence-electron chi connectivity index (χ4n) is 4.67. The SMILES string of the molecule is CCCCOC[C@H]1O[C@H](C(F)(F)CC(NC(=O)OCc2ccccc2)C(=O)OCC)[C@H](I)[C@@H](OCCCC)[C@H]1OCCCC. The minimum Gasteiger partial charge on any atom is -0.464 e. The van der Waals surface area contributed by atoms with Gasteiger partial charge in [0.15, 0.2) is 0 Å². The van der Waals surface area contributed by atoms with Crippen LogP contribution in [-0.4, -0.2) is 85.4 Å². The van der Waals surface area contributed by atoms with Gasteiger partial charge in [-0.15, -0.1) is 0 Å². The van der Waals surface area contributed by atoms with E-state index in [0.29, 0.717) is 25.4 Å². The van der Waals surface area contributed by atoms with Crippen molar-refractivity contribution in [1.29, 1.82) is 0 Å². The van der Waals surface area contributed by atoms with E-state index in [2.05, 4.69) is 5.32 Å². The molecule has 0 aromatic heterocycles. The Hall–Kier alpha value is -1.61. The molecule has 1 amide bonds. The monoisotopic (exact) mass is 741 g/mol. The average Bonchev–Trinajstić information content (AvgIpc) is 3.00. The number of alkyl carbamates (subject to hydrolysis) is 1. The highest BCUT2D eigenvalue weighted by Gasteiger charge is 2.56. The van der Waals surface area contributed by atoms with Crippen LogP contribution in [0.1, 0.15) is 78.2 Å². The molecular weight excluding hydrogens is 691 g/mol. The normalized spacial score (nSPS) is 22.8. The molecule has 1 aliphatic heterocycles. The fourth-order valence-corrected chi connectivity index (χ4v) is 5.98. The Kier molecular flexibility index (Phi) is 18.6. The first-order chi connectivity index (χ1) is 21.2. The van der Waals surface area contributed by atoms with Crippen molar-refractivity contribution in [3.05, 3.63) is 35.9 Å². The zero-order chi connectivity index (χ0) is 32.4. The Morgan fingerprint density at radius 1 is 0.932 bits per heavy atom. The van der Waals surface area contributed by atoms with E-state index < -0.39 is 58.8 Å². The minimum atomic E-state index is -3.57. The average molecular weight is 742 g/mol. The van der Waals surface area contributed by atoms with Gasteiger partial charge >= 0.3 is 12.1 Å². The van der Waals surface area contributed by atoms with Gasteiger partial charge in [0.05, 0.1) is 17.1 Å². The highest BCUT2D eigenvalue weighted by atomic mass is 127. The second-order valence-electron chi connectivity index (χ2n) is 10.8. The van der Waals surface area contributed by atoms with Crippen LogP contribution < -0.4 is 5.32 Å². The molecule has 1 N–H and O–H groups in total. The first-order valence-electron chi connectivity index (χ1n) is 15.8. The van der Waals surface area contributed by atoms with E-state index in [0.717, 1.165) is 38.5 Å². The lowest BCUT2D eigenvalue weighted by molar-refractivity contribution is -0.254. The number of carbonyl (C=O) groups is 2. The molecule has 1 saturated heterocycles. The van der Waals surface area contributed by atoms with Crippen LogP contribution in [0.3, 0.4) is 0 Å². The molecule has 0 aliphatic carbocycles. The highest BCUT2D eigenvalue weighted by Crippen LogP contribution is 2.41. The third kappa shape index (κ3) is 13.0. The molecule has 1 heterocycles. The molecule has 1 aromatic carbocycles. The summed E-state index contributed by atoms with van der Waals surface area (Å²) in [5.74, 6) is -4.56.